The third-order valence-electron chi connectivity index (χ3n) is 7.19. The summed E-state index contributed by atoms with van der Waals surface area (Å²) >= 11 is 0. The van der Waals surface area contributed by atoms with Crippen molar-refractivity contribution in [3.8, 4) is 0 Å². The van der Waals surface area contributed by atoms with Gasteiger partial charge in [0.05, 0.1) is 30.3 Å². The Labute approximate surface area is 248 Å². The zero-order chi connectivity index (χ0) is 32.8. The summed E-state index contributed by atoms with van der Waals surface area (Å²) in [5, 5.41) is 18.1. The fourth-order valence-electron chi connectivity index (χ4n) is 4.36. The Kier molecular flexibility index (Phi) is 11.4. The highest BCUT2D eigenvalue weighted by atomic mass is 19.4. The first kappa shape index (κ1) is 34.8. The van der Waals surface area contributed by atoms with Crippen molar-refractivity contribution in [2.75, 3.05) is 18.5 Å². The van der Waals surface area contributed by atoms with Crippen LogP contribution in [-0.4, -0.2) is 58.0 Å². The standard InChI is InChI=1S/C21H22F7N5O4.C7H12/c1-3-33-15(4-5-30-33)19(37)29-8-17(35)31-14-7-12(20(23,24)25)11(6-13(14)22)10(2)18(36)32-16(9-34)21(26,27)28;1-2-6(1)5-7-3-4-7/h4-7,10,16,34H,3,8-9H2,1-2H3,(H,29,37)(H,31,35)(H,32,36);6-7H,1-5H2. The molecule has 44 heavy (non-hydrogen) atoms. The summed E-state index contributed by atoms with van der Waals surface area (Å²) in [5.41, 5.74) is -3.42. The number of aromatic nitrogens is 2. The van der Waals surface area contributed by atoms with Gasteiger partial charge in [-0.15, -0.1) is 0 Å². The SMILES string of the molecule is C1CC1CC1CC1.CCn1nccc1C(=O)NCC(=O)Nc1cc(C(F)(F)F)c(C(C)C(=O)NC(CO)C(F)(F)F)cc1F. The Balaban J connectivity index is 0.000000649. The van der Waals surface area contributed by atoms with Gasteiger partial charge in [0.1, 0.15) is 17.6 Å². The molecule has 9 nitrogen and oxygen atoms in total. The lowest BCUT2D eigenvalue weighted by Crippen LogP contribution is -2.49. The summed E-state index contributed by atoms with van der Waals surface area (Å²) < 4.78 is 95.3. The van der Waals surface area contributed by atoms with Crippen molar-refractivity contribution in [2.24, 2.45) is 11.8 Å². The number of anilines is 1. The van der Waals surface area contributed by atoms with E-state index in [9.17, 15) is 45.1 Å². The van der Waals surface area contributed by atoms with Crippen molar-refractivity contribution in [1.29, 1.82) is 0 Å². The van der Waals surface area contributed by atoms with Gasteiger partial charge in [-0.2, -0.15) is 31.4 Å². The fourth-order valence-corrected chi connectivity index (χ4v) is 4.36. The van der Waals surface area contributed by atoms with Crippen LogP contribution >= 0.6 is 0 Å². The molecule has 244 valence electrons. The van der Waals surface area contributed by atoms with E-state index in [-0.39, 0.29) is 17.8 Å². The van der Waals surface area contributed by atoms with Gasteiger partial charge in [-0.25, -0.2) is 4.39 Å². The molecule has 16 heteroatoms. The van der Waals surface area contributed by atoms with Crippen molar-refractivity contribution in [2.45, 2.75) is 76.8 Å². The minimum absolute atomic E-state index is 0.103. The Hall–Kier alpha value is -3.69. The number of aliphatic hydroxyl groups is 1. The van der Waals surface area contributed by atoms with Gasteiger partial charge in [0.15, 0.2) is 0 Å². The molecule has 1 aromatic carbocycles. The van der Waals surface area contributed by atoms with Gasteiger partial charge in [-0.1, -0.05) is 25.7 Å². The molecule has 2 atom stereocenters. The number of amides is 3. The number of aliphatic hydroxyl groups excluding tert-OH is 1. The van der Waals surface area contributed by atoms with Crippen molar-refractivity contribution < 1.29 is 50.2 Å². The number of halogens is 7. The third-order valence-corrected chi connectivity index (χ3v) is 7.19. The normalized spacial score (nSPS) is 16.3. The molecule has 1 aromatic heterocycles. The highest BCUT2D eigenvalue weighted by Crippen LogP contribution is 2.44. The van der Waals surface area contributed by atoms with E-state index in [1.807, 2.05) is 5.32 Å². The summed E-state index contributed by atoms with van der Waals surface area (Å²) in [4.78, 5) is 36.5. The van der Waals surface area contributed by atoms with Gasteiger partial charge in [0.25, 0.3) is 5.91 Å². The predicted octanol–water partition coefficient (Wildman–Crippen LogP) is 4.77. The number of carbonyl (C=O) groups excluding carboxylic acids is 3. The Morgan fingerprint density at radius 3 is 2.18 bits per heavy atom. The molecule has 2 aliphatic carbocycles. The fraction of sp³-hybridized carbons (Fsp3) is 0.571. The summed E-state index contributed by atoms with van der Waals surface area (Å²) in [6.45, 7) is 0.554. The predicted molar refractivity (Wildman–Crippen MR) is 144 cm³/mol. The lowest BCUT2D eigenvalue weighted by atomic mass is 9.93. The van der Waals surface area contributed by atoms with Crippen LogP contribution in [0.1, 0.15) is 73.5 Å². The quantitative estimate of drug-likeness (QED) is 0.265. The zero-order valence-corrected chi connectivity index (χ0v) is 24.0. The van der Waals surface area contributed by atoms with E-state index >= 15 is 0 Å². The van der Waals surface area contributed by atoms with Crippen molar-refractivity contribution in [3.63, 3.8) is 0 Å². The van der Waals surface area contributed by atoms with E-state index in [0.717, 1.165) is 6.92 Å². The lowest BCUT2D eigenvalue weighted by Gasteiger charge is -2.24. The van der Waals surface area contributed by atoms with Crippen LogP contribution in [0.25, 0.3) is 0 Å². The number of nitrogens with zero attached hydrogens (tertiary/aromatic N) is 2. The van der Waals surface area contributed by atoms with E-state index in [4.69, 9.17) is 5.11 Å². The van der Waals surface area contributed by atoms with E-state index in [0.29, 0.717) is 6.54 Å². The molecule has 2 fully saturated rings. The van der Waals surface area contributed by atoms with Gasteiger partial charge in [-0.05, 0) is 55.9 Å². The highest BCUT2D eigenvalue weighted by Gasteiger charge is 2.42. The van der Waals surface area contributed by atoms with Gasteiger partial charge in [0.2, 0.25) is 11.8 Å². The third kappa shape index (κ3) is 9.92. The highest BCUT2D eigenvalue weighted by molar-refractivity contribution is 5.98. The van der Waals surface area contributed by atoms with Crippen LogP contribution in [0.5, 0.6) is 0 Å². The minimum Gasteiger partial charge on any atom is -0.394 e. The maximum Gasteiger partial charge on any atom is 0.416 e. The number of benzene rings is 1. The van der Waals surface area contributed by atoms with Crippen LogP contribution < -0.4 is 16.0 Å². The monoisotopic (exact) mass is 637 g/mol. The van der Waals surface area contributed by atoms with Crippen LogP contribution in [-0.2, 0) is 22.3 Å². The number of rotatable bonds is 11. The second-order valence-corrected chi connectivity index (χ2v) is 10.8. The summed E-state index contributed by atoms with van der Waals surface area (Å²) in [5.74, 6) is -4.32. The van der Waals surface area contributed by atoms with E-state index in [2.05, 4.69) is 10.4 Å². The molecule has 2 saturated carbocycles. The number of nitrogens with one attached hydrogen (secondary N) is 3. The molecule has 2 aliphatic rings. The second-order valence-electron chi connectivity index (χ2n) is 10.8. The number of hydrogen-bond acceptors (Lipinski definition) is 5. The van der Waals surface area contributed by atoms with Gasteiger partial charge in [-0.3, -0.25) is 19.1 Å². The molecule has 2 aromatic rings. The van der Waals surface area contributed by atoms with Crippen LogP contribution in [0, 0.1) is 17.7 Å². The molecular formula is C28H34F7N5O4. The van der Waals surface area contributed by atoms with Crippen LogP contribution in [0.2, 0.25) is 0 Å². The van der Waals surface area contributed by atoms with E-state index in [1.54, 1.807) is 39.0 Å². The number of alkyl halides is 6. The van der Waals surface area contributed by atoms with Crippen LogP contribution in [0.3, 0.4) is 0 Å². The molecule has 0 bridgehead atoms. The maximum atomic E-state index is 14.6. The average Bonchev–Trinajstić information content (AvgIpc) is 3.89. The van der Waals surface area contributed by atoms with Gasteiger partial charge in [0, 0.05) is 12.7 Å². The minimum atomic E-state index is -5.19. The molecule has 3 amide bonds. The topological polar surface area (TPSA) is 125 Å². The Morgan fingerprint density at radius 2 is 1.68 bits per heavy atom. The number of hydrogen-bond donors (Lipinski definition) is 4. The average molecular weight is 638 g/mol. The Bertz CT molecular complexity index is 1310. The summed E-state index contributed by atoms with van der Waals surface area (Å²) in [6, 6.07) is -0.929. The van der Waals surface area contributed by atoms with E-state index < -0.39 is 77.8 Å². The molecule has 0 saturated heterocycles. The first-order valence-electron chi connectivity index (χ1n) is 14.0. The first-order valence-corrected chi connectivity index (χ1v) is 14.0. The van der Waals surface area contributed by atoms with E-state index in [1.165, 1.54) is 34.1 Å². The number of aryl methyl sites for hydroxylation is 1. The van der Waals surface area contributed by atoms with Crippen molar-refractivity contribution in [3.05, 3.63) is 47.0 Å². The number of carbonyl (C=O) groups is 3. The van der Waals surface area contributed by atoms with Crippen molar-refractivity contribution >= 4 is 23.4 Å². The Morgan fingerprint density at radius 1 is 1.07 bits per heavy atom. The smallest absolute Gasteiger partial charge is 0.394 e. The van der Waals surface area contributed by atoms with Crippen molar-refractivity contribution in [1.82, 2.24) is 20.4 Å². The molecule has 0 spiro atoms. The lowest BCUT2D eigenvalue weighted by molar-refractivity contribution is -0.169. The molecule has 4 rings (SSSR count). The molecule has 1 heterocycles. The maximum absolute atomic E-state index is 14.6. The molecule has 0 radical (unpaired) electrons. The summed E-state index contributed by atoms with van der Waals surface area (Å²) in [7, 11) is 0. The zero-order valence-electron chi connectivity index (χ0n) is 24.0. The summed E-state index contributed by atoms with van der Waals surface area (Å²) in [6.07, 6.45) is -1.14. The molecule has 0 aliphatic heterocycles. The molecular weight excluding hydrogens is 603 g/mol. The van der Waals surface area contributed by atoms with Crippen LogP contribution in [0.4, 0.5) is 36.4 Å². The largest absolute Gasteiger partial charge is 0.416 e. The second kappa shape index (κ2) is 14.4. The van der Waals surface area contributed by atoms with Crippen LogP contribution in [0.15, 0.2) is 24.4 Å². The molecule has 2 unspecified atom stereocenters. The van der Waals surface area contributed by atoms with Gasteiger partial charge < -0.3 is 21.1 Å². The first-order chi connectivity index (χ1) is 20.5. The van der Waals surface area contributed by atoms with Gasteiger partial charge >= 0.3 is 12.4 Å². The molecule has 4 N–H and O–H groups in total.